The molecule has 0 aromatic heterocycles. The first kappa shape index (κ1) is 14.7. The van der Waals surface area contributed by atoms with Gasteiger partial charge in [0.2, 0.25) is 0 Å². The molecular weight excluding hydrogens is 306 g/mol. The van der Waals surface area contributed by atoms with E-state index in [-0.39, 0.29) is 10.8 Å². The van der Waals surface area contributed by atoms with Gasteiger partial charge in [-0.15, -0.1) is 0 Å². The topological polar surface area (TPSA) is 9.23 Å². The SMILES string of the molecule is COc1ccc2c(c1)CCC1=C2CC[C@]2(C)C(=C(F)F)C[C@@H]3C[C@@]132. The fraction of sp³-hybridized carbons (Fsp3) is 0.524. The van der Waals surface area contributed by atoms with Crippen molar-refractivity contribution in [3.05, 3.63) is 46.6 Å². The van der Waals surface area contributed by atoms with Gasteiger partial charge in [-0.25, -0.2) is 0 Å². The van der Waals surface area contributed by atoms with Crippen LogP contribution in [0.25, 0.3) is 5.57 Å². The van der Waals surface area contributed by atoms with Gasteiger partial charge in [-0.2, -0.15) is 8.78 Å². The Morgan fingerprint density at radius 3 is 2.79 bits per heavy atom. The first-order chi connectivity index (χ1) is 11.5. The number of halogens is 2. The molecule has 1 nitrogen and oxygen atoms in total. The highest BCUT2D eigenvalue weighted by Gasteiger charge is 2.73. The van der Waals surface area contributed by atoms with Gasteiger partial charge in [0.05, 0.1) is 7.11 Å². The lowest BCUT2D eigenvalue weighted by molar-refractivity contribution is 0.217. The first-order valence-corrected chi connectivity index (χ1v) is 8.95. The summed E-state index contributed by atoms with van der Waals surface area (Å²) in [4.78, 5) is 0. The van der Waals surface area contributed by atoms with Crippen LogP contribution in [0.4, 0.5) is 8.78 Å². The van der Waals surface area contributed by atoms with Crippen LogP contribution in [0.2, 0.25) is 0 Å². The van der Waals surface area contributed by atoms with Gasteiger partial charge in [0, 0.05) is 16.4 Å². The van der Waals surface area contributed by atoms with Gasteiger partial charge in [0.15, 0.2) is 0 Å². The number of rotatable bonds is 1. The van der Waals surface area contributed by atoms with Crippen molar-refractivity contribution in [2.45, 2.75) is 45.4 Å². The molecule has 0 unspecified atom stereocenters. The van der Waals surface area contributed by atoms with Crippen molar-refractivity contribution in [2.75, 3.05) is 7.11 Å². The molecule has 2 saturated carbocycles. The third kappa shape index (κ3) is 1.54. The minimum atomic E-state index is -1.41. The summed E-state index contributed by atoms with van der Waals surface area (Å²) in [6.45, 7) is 2.11. The summed E-state index contributed by atoms with van der Waals surface area (Å²) in [6, 6.07) is 6.36. The lowest BCUT2D eigenvalue weighted by Crippen LogP contribution is -2.35. The highest BCUT2D eigenvalue weighted by atomic mass is 19.3. The zero-order valence-electron chi connectivity index (χ0n) is 14.2. The van der Waals surface area contributed by atoms with Crippen molar-refractivity contribution in [3.63, 3.8) is 0 Å². The Morgan fingerprint density at radius 1 is 1.21 bits per heavy atom. The average Bonchev–Trinajstić information content (AvgIpc) is 3.24. The van der Waals surface area contributed by atoms with E-state index in [0.717, 1.165) is 37.9 Å². The Kier molecular flexibility index (Phi) is 2.75. The fourth-order valence-electron chi connectivity index (χ4n) is 6.28. The molecule has 0 radical (unpaired) electrons. The molecule has 0 saturated heterocycles. The number of methoxy groups -OCH3 is 1. The molecule has 0 heterocycles. The monoisotopic (exact) mass is 328 g/mol. The van der Waals surface area contributed by atoms with E-state index in [1.165, 1.54) is 22.3 Å². The van der Waals surface area contributed by atoms with E-state index < -0.39 is 6.08 Å². The number of hydrogen-bond donors (Lipinski definition) is 0. The van der Waals surface area contributed by atoms with Gasteiger partial charge in [0.1, 0.15) is 5.75 Å². The minimum absolute atomic E-state index is 0.0387. The van der Waals surface area contributed by atoms with E-state index in [1.807, 2.05) is 6.07 Å². The molecule has 3 atom stereocenters. The van der Waals surface area contributed by atoms with Crippen LogP contribution >= 0.6 is 0 Å². The molecule has 0 bridgehead atoms. The second-order valence-corrected chi connectivity index (χ2v) is 8.13. The van der Waals surface area contributed by atoms with Crippen LogP contribution in [0.1, 0.15) is 50.2 Å². The molecule has 0 aliphatic heterocycles. The van der Waals surface area contributed by atoms with Crippen molar-refractivity contribution < 1.29 is 13.5 Å². The molecular formula is C21H22F2O. The summed E-state index contributed by atoms with van der Waals surface area (Å²) < 4.78 is 32.4. The molecule has 1 spiro atoms. The maximum Gasteiger partial charge on any atom is 0.270 e. The summed E-state index contributed by atoms with van der Waals surface area (Å²) in [5, 5.41) is 0. The second-order valence-electron chi connectivity index (χ2n) is 8.13. The quantitative estimate of drug-likeness (QED) is 0.637. The molecule has 4 aliphatic carbocycles. The number of benzene rings is 1. The molecule has 2 fully saturated rings. The molecule has 126 valence electrons. The molecule has 4 aliphatic rings. The summed E-state index contributed by atoms with van der Waals surface area (Å²) in [5.41, 5.74) is 5.87. The third-order valence-corrected chi connectivity index (χ3v) is 7.49. The molecule has 24 heavy (non-hydrogen) atoms. The third-order valence-electron chi connectivity index (χ3n) is 7.49. The number of allylic oxidation sites excluding steroid dienone is 3. The van der Waals surface area contributed by atoms with Crippen LogP contribution < -0.4 is 4.74 Å². The number of hydrogen-bond acceptors (Lipinski definition) is 1. The fourth-order valence-corrected chi connectivity index (χ4v) is 6.28. The van der Waals surface area contributed by atoms with E-state index in [4.69, 9.17) is 4.74 Å². The van der Waals surface area contributed by atoms with Crippen LogP contribution in [-0.2, 0) is 6.42 Å². The molecule has 5 rings (SSSR count). The van der Waals surface area contributed by atoms with Gasteiger partial charge in [-0.3, -0.25) is 0 Å². The van der Waals surface area contributed by atoms with Crippen molar-refractivity contribution >= 4 is 5.57 Å². The van der Waals surface area contributed by atoms with Gasteiger partial charge in [0.25, 0.3) is 6.08 Å². The molecule has 0 amide bonds. The summed E-state index contributed by atoms with van der Waals surface area (Å²) in [6.07, 6.45) is 4.15. The summed E-state index contributed by atoms with van der Waals surface area (Å²) in [5.74, 6) is 1.36. The largest absolute Gasteiger partial charge is 0.497 e. The van der Waals surface area contributed by atoms with E-state index in [2.05, 4.69) is 19.1 Å². The van der Waals surface area contributed by atoms with Crippen molar-refractivity contribution in [1.82, 2.24) is 0 Å². The van der Waals surface area contributed by atoms with Crippen LogP contribution in [0.15, 0.2) is 35.4 Å². The van der Waals surface area contributed by atoms with Crippen molar-refractivity contribution in [1.29, 1.82) is 0 Å². The number of fused-ring (bicyclic) bond motifs is 2. The van der Waals surface area contributed by atoms with Gasteiger partial charge >= 0.3 is 0 Å². The Balaban J connectivity index is 1.67. The van der Waals surface area contributed by atoms with Gasteiger partial charge in [-0.05, 0) is 73.3 Å². The van der Waals surface area contributed by atoms with E-state index in [9.17, 15) is 8.78 Å². The maximum atomic E-state index is 13.5. The van der Waals surface area contributed by atoms with E-state index >= 15 is 0 Å². The van der Waals surface area contributed by atoms with Crippen LogP contribution in [0.5, 0.6) is 5.75 Å². The van der Waals surface area contributed by atoms with Crippen LogP contribution in [0, 0.1) is 16.7 Å². The smallest absolute Gasteiger partial charge is 0.270 e. The van der Waals surface area contributed by atoms with E-state index in [1.54, 1.807) is 7.11 Å². The predicted molar refractivity (Wildman–Crippen MR) is 90.0 cm³/mol. The number of ether oxygens (including phenoxy) is 1. The lowest BCUT2D eigenvalue weighted by atomic mass is 9.58. The van der Waals surface area contributed by atoms with Crippen molar-refractivity contribution in [2.24, 2.45) is 16.7 Å². The predicted octanol–water partition coefficient (Wildman–Crippen LogP) is 5.76. The van der Waals surface area contributed by atoms with E-state index in [0.29, 0.717) is 17.9 Å². The summed E-state index contributed by atoms with van der Waals surface area (Å²) >= 11 is 0. The second kappa shape index (κ2) is 4.50. The maximum absolute atomic E-state index is 13.5. The highest BCUT2D eigenvalue weighted by molar-refractivity contribution is 5.78. The Labute approximate surface area is 141 Å². The average molecular weight is 328 g/mol. The zero-order valence-corrected chi connectivity index (χ0v) is 14.2. The molecule has 1 aromatic carbocycles. The Hall–Kier alpha value is -1.64. The first-order valence-electron chi connectivity index (χ1n) is 8.95. The number of aryl methyl sites for hydroxylation is 1. The molecule has 0 N–H and O–H groups in total. The summed E-state index contributed by atoms with van der Waals surface area (Å²) in [7, 11) is 1.70. The zero-order chi connectivity index (χ0) is 16.7. The Morgan fingerprint density at radius 2 is 2.04 bits per heavy atom. The van der Waals surface area contributed by atoms with Crippen LogP contribution in [0.3, 0.4) is 0 Å². The standard InChI is InChI=1S/C21H22F2O/c1-20-8-7-16-15-5-4-14(24-2)9-12(15)3-6-17(16)21(20)11-13(21)10-18(20)19(22)23/h4-5,9,13H,3,6-8,10-11H2,1-2H3/t13-,20-,21+/m1/s1. The van der Waals surface area contributed by atoms with Gasteiger partial charge < -0.3 is 4.74 Å². The molecule has 1 aromatic rings. The Bertz CT molecular complexity index is 817. The normalized spacial score (nSPS) is 35.8. The highest BCUT2D eigenvalue weighted by Crippen LogP contribution is 2.82. The van der Waals surface area contributed by atoms with Gasteiger partial charge in [-0.1, -0.05) is 18.6 Å². The molecule has 3 heteroatoms. The van der Waals surface area contributed by atoms with Crippen molar-refractivity contribution in [3.8, 4) is 5.75 Å². The van der Waals surface area contributed by atoms with Crippen LogP contribution in [-0.4, -0.2) is 7.11 Å². The minimum Gasteiger partial charge on any atom is -0.497 e. The lowest BCUT2D eigenvalue weighted by Gasteiger charge is -2.45.